The fourth-order valence-electron chi connectivity index (χ4n) is 5.89. The van der Waals surface area contributed by atoms with Crippen molar-refractivity contribution in [1.29, 1.82) is 5.41 Å². The van der Waals surface area contributed by atoms with Crippen molar-refractivity contribution < 1.29 is 18.7 Å². The fourth-order valence-corrected chi connectivity index (χ4v) is 5.89. The van der Waals surface area contributed by atoms with E-state index in [1.54, 1.807) is 11.0 Å². The number of hydrogen-bond donors (Lipinski definition) is 2. The Morgan fingerprint density at radius 2 is 1.84 bits per heavy atom. The number of ether oxygens (including phenoxy) is 1. The van der Waals surface area contributed by atoms with Crippen LogP contribution in [-0.2, 0) is 14.3 Å². The first-order valence-electron chi connectivity index (χ1n) is 13.7. The normalized spacial score (nSPS) is 22.9. The van der Waals surface area contributed by atoms with E-state index in [0.717, 1.165) is 67.7 Å². The molecule has 202 valence electrons. The van der Waals surface area contributed by atoms with Crippen LogP contribution < -0.4 is 10.2 Å². The molecule has 2 fully saturated rings. The number of Topliss-reactive ketones (excluding diaryl/α,β-unsaturated/α-hetero) is 1. The lowest BCUT2D eigenvalue weighted by Crippen LogP contribution is -2.50. The number of amides is 1. The van der Waals surface area contributed by atoms with Crippen LogP contribution in [0.1, 0.15) is 64.4 Å². The molecule has 1 aromatic carbocycles. The maximum Gasteiger partial charge on any atom is 0.272 e. The number of allylic oxidation sites excluding steroid dienone is 1. The van der Waals surface area contributed by atoms with Gasteiger partial charge >= 0.3 is 0 Å². The highest BCUT2D eigenvalue weighted by Crippen LogP contribution is 2.29. The van der Waals surface area contributed by atoms with E-state index in [1.807, 2.05) is 26.8 Å². The highest BCUT2D eigenvalue weighted by molar-refractivity contribution is 6.44. The zero-order chi connectivity index (χ0) is 26.5. The number of nitrogens with one attached hydrogen (secondary N) is 2. The maximum absolute atomic E-state index is 13.7. The molecule has 0 unspecified atom stereocenters. The average molecular weight is 513 g/mol. The third-order valence-electron chi connectivity index (χ3n) is 7.90. The molecule has 7 nitrogen and oxygen atoms in total. The molecule has 0 saturated carbocycles. The van der Waals surface area contributed by atoms with Gasteiger partial charge in [0, 0.05) is 49.6 Å². The number of rotatable bonds is 9. The van der Waals surface area contributed by atoms with Gasteiger partial charge in [-0.25, -0.2) is 4.39 Å². The average Bonchev–Trinajstić information content (AvgIpc) is 3.35. The Morgan fingerprint density at radius 1 is 1.14 bits per heavy atom. The predicted molar refractivity (Wildman–Crippen MR) is 144 cm³/mol. The molecule has 1 aliphatic carbocycles. The highest BCUT2D eigenvalue weighted by Gasteiger charge is 2.31. The third-order valence-corrected chi connectivity index (χ3v) is 7.90. The number of carbonyl (C=O) groups excluding carboxylic acids is 2. The largest absolute Gasteiger partial charge is 0.381 e. The molecule has 0 radical (unpaired) electrons. The van der Waals surface area contributed by atoms with Crippen LogP contribution in [0.3, 0.4) is 0 Å². The quantitative estimate of drug-likeness (QED) is 0.480. The molecule has 0 aromatic heterocycles. The minimum atomic E-state index is -0.246. The molecular formula is C29H41FN4O3. The predicted octanol–water partition coefficient (Wildman–Crippen LogP) is 4.38. The number of aryl methyl sites for hydroxylation is 1. The summed E-state index contributed by atoms with van der Waals surface area (Å²) in [6.07, 6.45) is 5.68. The zero-order valence-corrected chi connectivity index (χ0v) is 22.4. The van der Waals surface area contributed by atoms with Crippen LogP contribution in [0.2, 0.25) is 0 Å². The monoisotopic (exact) mass is 512 g/mol. The van der Waals surface area contributed by atoms with Gasteiger partial charge in [-0.2, -0.15) is 0 Å². The van der Waals surface area contributed by atoms with Crippen molar-refractivity contribution in [2.24, 2.45) is 5.92 Å². The number of anilines is 1. The van der Waals surface area contributed by atoms with Gasteiger partial charge in [-0.3, -0.25) is 15.0 Å². The van der Waals surface area contributed by atoms with E-state index in [-0.39, 0.29) is 42.0 Å². The van der Waals surface area contributed by atoms with Crippen molar-refractivity contribution in [3.05, 3.63) is 40.8 Å². The highest BCUT2D eigenvalue weighted by atomic mass is 19.1. The molecule has 0 spiro atoms. The number of carbonyl (C=O) groups is 2. The molecule has 1 amide bonds. The molecule has 4 rings (SSSR count). The molecule has 2 atom stereocenters. The van der Waals surface area contributed by atoms with E-state index in [1.165, 1.54) is 6.07 Å². The summed E-state index contributed by atoms with van der Waals surface area (Å²) in [7, 11) is 0. The van der Waals surface area contributed by atoms with E-state index in [9.17, 15) is 14.0 Å². The van der Waals surface area contributed by atoms with Gasteiger partial charge in [0.1, 0.15) is 11.5 Å². The molecular weight excluding hydrogens is 471 g/mol. The molecule has 2 saturated heterocycles. The lowest BCUT2D eigenvalue weighted by Gasteiger charge is -2.35. The van der Waals surface area contributed by atoms with Gasteiger partial charge in [-0.1, -0.05) is 6.07 Å². The summed E-state index contributed by atoms with van der Waals surface area (Å²) in [6.45, 7) is 8.92. The number of ketones is 1. The first kappa shape index (κ1) is 27.3. The van der Waals surface area contributed by atoms with E-state index in [0.29, 0.717) is 31.8 Å². The van der Waals surface area contributed by atoms with Crippen LogP contribution in [0.5, 0.6) is 0 Å². The van der Waals surface area contributed by atoms with Gasteiger partial charge < -0.3 is 19.9 Å². The molecule has 2 heterocycles. The fraction of sp³-hybridized carbons (Fsp3) is 0.621. The molecule has 2 N–H and O–H groups in total. The standard InChI is InChI=1S/C29H41FN4O3/c1-19-7-9-23(30)15-27(19)33-13-11-22(12-14-33)8-10-24(35)16-32-26-6-4-5-25(26)28(31)29(36)34-17-20(2)37-21(3)18-34/h7,9,15,20-22,31-32H,4-6,8,10-14,16-18H2,1-3H3/t20-,21+. The molecule has 1 aromatic rings. The number of nitrogens with zero attached hydrogens (tertiary/aromatic N) is 2. The summed E-state index contributed by atoms with van der Waals surface area (Å²) < 4.78 is 19.4. The molecule has 8 heteroatoms. The smallest absolute Gasteiger partial charge is 0.272 e. The van der Waals surface area contributed by atoms with Crippen molar-refractivity contribution in [2.45, 2.75) is 77.9 Å². The summed E-state index contributed by atoms with van der Waals surface area (Å²) >= 11 is 0. The number of benzene rings is 1. The summed E-state index contributed by atoms with van der Waals surface area (Å²) in [6, 6.07) is 4.95. The van der Waals surface area contributed by atoms with Crippen LogP contribution >= 0.6 is 0 Å². The Labute approximate surface area is 219 Å². The van der Waals surface area contributed by atoms with Gasteiger partial charge in [-0.15, -0.1) is 0 Å². The maximum atomic E-state index is 13.7. The van der Waals surface area contributed by atoms with Crippen LogP contribution in [0.15, 0.2) is 29.5 Å². The minimum Gasteiger partial charge on any atom is -0.381 e. The van der Waals surface area contributed by atoms with Crippen molar-refractivity contribution in [1.82, 2.24) is 10.2 Å². The molecule has 0 bridgehead atoms. The minimum absolute atomic E-state index is 0.0361. The Hall–Kier alpha value is -2.74. The summed E-state index contributed by atoms with van der Waals surface area (Å²) in [5.41, 5.74) is 3.74. The van der Waals surface area contributed by atoms with Crippen LogP contribution in [0.25, 0.3) is 0 Å². The van der Waals surface area contributed by atoms with Gasteiger partial charge in [0.2, 0.25) is 0 Å². The summed E-state index contributed by atoms with van der Waals surface area (Å²) in [4.78, 5) is 29.6. The summed E-state index contributed by atoms with van der Waals surface area (Å²) in [5.74, 6) is 0.214. The molecule has 2 aliphatic heterocycles. The van der Waals surface area contributed by atoms with Gasteiger partial charge in [0.25, 0.3) is 5.91 Å². The van der Waals surface area contributed by atoms with E-state index in [2.05, 4.69) is 10.2 Å². The number of morpholine rings is 1. The number of hydrogen-bond acceptors (Lipinski definition) is 6. The molecule has 37 heavy (non-hydrogen) atoms. The van der Waals surface area contributed by atoms with Gasteiger partial charge in [-0.05, 0) is 82.9 Å². The third kappa shape index (κ3) is 6.98. The second kappa shape index (κ2) is 12.2. The zero-order valence-electron chi connectivity index (χ0n) is 22.4. The van der Waals surface area contributed by atoms with Crippen LogP contribution in [-0.4, -0.2) is 67.2 Å². The number of piperidine rings is 1. The van der Waals surface area contributed by atoms with Gasteiger partial charge in [0.05, 0.1) is 18.8 Å². The lowest BCUT2D eigenvalue weighted by atomic mass is 9.91. The number of halogens is 1. The Kier molecular flexibility index (Phi) is 9.00. The van der Waals surface area contributed by atoms with Crippen LogP contribution in [0, 0.1) is 24.1 Å². The first-order valence-corrected chi connectivity index (χ1v) is 13.7. The Morgan fingerprint density at radius 3 is 2.54 bits per heavy atom. The second-order valence-corrected chi connectivity index (χ2v) is 10.9. The van der Waals surface area contributed by atoms with Gasteiger partial charge in [0.15, 0.2) is 5.78 Å². The second-order valence-electron chi connectivity index (χ2n) is 10.9. The van der Waals surface area contributed by atoms with Crippen molar-refractivity contribution in [3.8, 4) is 0 Å². The van der Waals surface area contributed by atoms with Crippen LogP contribution in [0.4, 0.5) is 10.1 Å². The van der Waals surface area contributed by atoms with Crippen molar-refractivity contribution in [2.75, 3.05) is 37.6 Å². The molecule has 3 aliphatic rings. The van der Waals surface area contributed by atoms with E-state index in [4.69, 9.17) is 10.1 Å². The Balaban J connectivity index is 1.22. The lowest BCUT2D eigenvalue weighted by molar-refractivity contribution is -0.136. The van der Waals surface area contributed by atoms with Crippen molar-refractivity contribution in [3.63, 3.8) is 0 Å². The van der Waals surface area contributed by atoms with Crippen molar-refractivity contribution >= 4 is 23.1 Å². The van der Waals surface area contributed by atoms with E-state index >= 15 is 0 Å². The first-order chi connectivity index (χ1) is 17.7. The summed E-state index contributed by atoms with van der Waals surface area (Å²) in [5, 5.41) is 11.8. The topological polar surface area (TPSA) is 85.7 Å². The SMILES string of the molecule is Cc1ccc(F)cc1N1CCC(CCC(=O)CNC2=C(C(=N)C(=O)N3C[C@@H](C)O[C@@H](C)C3)CCC2)CC1. The Bertz CT molecular complexity index is 1040. The van der Waals surface area contributed by atoms with E-state index < -0.39 is 0 Å².